The number of carbonyl (C=O) groups is 3. The maximum atomic E-state index is 12.8. The van der Waals surface area contributed by atoms with Crippen molar-refractivity contribution in [3.63, 3.8) is 0 Å². The average molecular weight is 412 g/mol. The van der Waals surface area contributed by atoms with Crippen molar-refractivity contribution in [1.82, 2.24) is 15.1 Å². The Bertz CT molecular complexity index is 821. The third kappa shape index (κ3) is 4.18. The van der Waals surface area contributed by atoms with Crippen molar-refractivity contribution >= 4 is 17.7 Å². The first-order chi connectivity index (χ1) is 14.6. The van der Waals surface area contributed by atoms with Crippen molar-refractivity contribution in [1.29, 1.82) is 0 Å². The lowest BCUT2D eigenvalue weighted by Gasteiger charge is -2.27. The topological polar surface area (TPSA) is 79.0 Å². The van der Waals surface area contributed by atoms with Gasteiger partial charge in [0.15, 0.2) is 0 Å². The molecule has 1 aromatic rings. The fourth-order valence-corrected chi connectivity index (χ4v) is 4.54. The van der Waals surface area contributed by atoms with Gasteiger partial charge in [0.05, 0.1) is 25.0 Å². The molecule has 0 spiro atoms. The van der Waals surface area contributed by atoms with E-state index in [-0.39, 0.29) is 29.6 Å². The zero-order chi connectivity index (χ0) is 21.1. The normalized spacial score (nSPS) is 25.3. The van der Waals surface area contributed by atoms with Crippen LogP contribution in [0.4, 0.5) is 0 Å². The summed E-state index contributed by atoms with van der Waals surface area (Å²) in [7, 11) is 0. The standard InChI is InChI=1S/C23H29N3O4/c1-16(26-22(28)19-8-4-5-9-20(19)23(26)29)21(27)24-14-17-6-2-3-7-18(17)15-25-10-12-30-13-11-25/h2-7,16,19-20H,8-15H2,1H3,(H,24,27)/t16-,19-,20+/m0/s1. The van der Waals surface area contributed by atoms with E-state index in [9.17, 15) is 14.4 Å². The van der Waals surface area contributed by atoms with Crippen LogP contribution in [0.15, 0.2) is 36.4 Å². The van der Waals surface area contributed by atoms with Gasteiger partial charge in [0, 0.05) is 26.2 Å². The lowest BCUT2D eigenvalue weighted by molar-refractivity contribution is -0.147. The molecule has 0 saturated carbocycles. The highest BCUT2D eigenvalue weighted by atomic mass is 16.5. The number of morpholine rings is 1. The number of benzene rings is 1. The SMILES string of the molecule is C[C@@H](C(=O)NCc1ccccc1CN1CCOCC1)N1C(=O)[C@H]2CC=CC[C@H]2C1=O. The lowest BCUT2D eigenvalue weighted by Crippen LogP contribution is -2.48. The maximum absolute atomic E-state index is 12.8. The second-order valence-electron chi connectivity index (χ2n) is 8.25. The summed E-state index contributed by atoms with van der Waals surface area (Å²) < 4.78 is 5.41. The number of carbonyl (C=O) groups excluding carboxylic acids is 3. The number of fused-ring (bicyclic) bond motifs is 1. The molecule has 3 aliphatic rings. The Morgan fingerprint density at radius 1 is 1.07 bits per heavy atom. The molecule has 7 nitrogen and oxygen atoms in total. The second-order valence-corrected chi connectivity index (χ2v) is 8.25. The van der Waals surface area contributed by atoms with Crippen molar-refractivity contribution < 1.29 is 19.1 Å². The molecular weight excluding hydrogens is 382 g/mol. The summed E-state index contributed by atoms with van der Waals surface area (Å²) in [5, 5.41) is 2.93. The van der Waals surface area contributed by atoms with Crippen LogP contribution in [0.5, 0.6) is 0 Å². The highest BCUT2D eigenvalue weighted by molar-refractivity contribution is 6.08. The average Bonchev–Trinajstić information content (AvgIpc) is 3.03. The quantitative estimate of drug-likeness (QED) is 0.567. The minimum atomic E-state index is -0.804. The molecule has 2 heterocycles. The van der Waals surface area contributed by atoms with Crippen LogP contribution >= 0.6 is 0 Å². The number of rotatable bonds is 6. The van der Waals surface area contributed by atoms with E-state index in [0.717, 1.165) is 44.0 Å². The summed E-state index contributed by atoms with van der Waals surface area (Å²) in [6, 6.07) is 7.24. The molecule has 2 saturated heterocycles. The molecule has 3 atom stereocenters. The van der Waals surface area contributed by atoms with Crippen molar-refractivity contribution in [2.24, 2.45) is 11.8 Å². The van der Waals surface area contributed by atoms with Gasteiger partial charge in [0.2, 0.25) is 17.7 Å². The number of imide groups is 1. The Kier molecular flexibility index (Phi) is 6.29. The smallest absolute Gasteiger partial charge is 0.243 e. The fourth-order valence-electron chi connectivity index (χ4n) is 4.54. The highest BCUT2D eigenvalue weighted by Gasteiger charge is 2.50. The predicted molar refractivity (Wildman–Crippen MR) is 111 cm³/mol. The first-order valence-corrected chi connectivity index (χ1v) is 10.7. The monoisotopic (exact) mass is 411 g/mol. The molecular formula is C23H29N3O4. The Labute approximate surface area is 177 Å². The summed E-state index contributed by atoms with van der Waals surface area (Å²) >= 11 is 0. The van der Waals surface area contributed by atoms with Crippen LogP contribution in [0.3, 0.4) is 0 Å². The van der Waals surface area contributed by atoms with E-state index in [1.54, 1.807) is 6.92 Å². The number of likely N-dealkylation sites (tertiary alicyclic amines) is 1. The van der Waals surface area contributed by atoms with Gasteiger partial charge in [-0.1, -0.05) is 36.4 Å². The second kappa shape index (κ2) is 9.10. The molecule has 160 valence electrons. The Hall–Kier alpha value is -2.51. The number of amides is 3. The van der Waals surface area contributed by atoms with Crippen molar-refractivity contribution in [3.8, 4) is 0 Å². The van der Waals surface area contributed by atoms with Crippen molar-refractivity contribution in [3.05, 3.63) is 47.5 Å². The fraction of sp³-hybridized carbons (Fsp3) is 0.522. The number of ether oxygens (including phenoxy) is 1. The molecule has 1 aliphatic carbocycles. The van der Waals surface area contributed by atoms with E-state index in [1.807, 2.05) is 30.4 Å². The number of hydrogen-bond donors (Lipinski definition) is 1. The third-order valence-electron chi connectivity index (χ3n) is 6.38. The van der Waals surface area contributed by atoms with Crippen LogP contribution in [0.2, 0.25) is 0 Å². The summed E-state index contributed by atoms with van der Waals surface area (Å²) in [6.45, 7) is 6.09. The van der Waals surface area contributed by atoms with Gasteiger partial charge in [0.1, 0.15) is 6.04 Å². The Morgan fingerprint density at radius 2 is 1.67 bits per heavy atom. The number of allylic oxidation sites excluding steroid dienone is 2. The van der Waals surface area contributed by atoms with Gasteiger partial charge in [-0.2, -0.15) is 0 Å². The number of nitrogens with one attached hydrogen (secondary N) is 1. The van der Waals surface area contributed by atoms with E-state index in [2.05, 4.69) is 16.3 Å². The first-order valence-electron chi connectivity index (χ1n) is 10.7. The van der Waals surface area contributed by atoms with Crippen molar-refractivity contribution in [2.45, 2.75) is 38.9 Å². The molecule has 7 heteroatoms. The van der Waals surface area contributed by atoms with Gasteiger partial charge in [-0.05, 0) is 30.9 Å². The van der Waals surface area contributed by atoms with Crippen LogP contribution in [-0.4, -0.2) is 59.9 Å². The highest BCUT2D eigenvalue weighted by Crippen LogP contribution is 2.36. The first kappa shape index (κ1) is 20.8. The van der Waals surface area contributed by atoms with E-state index >= 15 is 0 Å². The Balaban J connectivity index is 1.38. The van der Waals surface area contributed by atoms with Gasteiger partial charge in [-0.15, -0.1) is 0 Å². The van der Waals surface area contributed by atoms with E-state index in [4.69, 9.17) is 4.74 Å². The zero-order valence-corrected chi connectivity index (χ0v) is 17.4. The van der Waals surface area contributed by atoms with Gasteiger partial charge in [-0.25, -0.2) is 0 Å². The summed E-state index contributed by atoms with van der Waals surface area (Å²) in [5.41, 5.74) is 2.21. The molecule has 1 aromatic carbocycles. The van der Waals surface area contributed by atoms with Crippen LogP contribution in [-0.2, 0) is 32.2 Å². The van der Waals surface area contributed by atoms with Gasteiger partial charge in [-0.3, -0.25) is 24.2 Å². The van der Waals surface area contributed by atoms with Crippen LogP contribution in [0.25, 0.3) is 0 Å². The maximum Gasteiger partial charge on any atom is 0.243 e. The molecule has 0 bridgehead atoms. The third-order valence-corrected chi connectivity index (χ3v) is 6.38. The summed E-state index contributed by atoms with van der Waals surface area (Å²) in [5.74, 6) is -1.36. The molecule has 3 amide bonds. The molecule has 1 N–H and O–H groups in total. The predicted octanol–water partition coefficient (Wildman–Crippen LogP) is 1.47. The minimum absolute atomic E-state index is 0.218. The van der Waals surface area contributed by atoms with Gasteiger partial charge < -0.3 is 10.1 Å². The zero-order valence-electron chi connectivity index (χ0n) is 17.4. The molecule has 0 radical (unpaired) electrons. The molecule has 2 aliphatic heterocycles. The molecule has 4 rings (SSSR count). The summed E-state index contributed by atoms with van der Waals surface area (Å²) in [4.78, 5) is 41.8. The largest absolute Gasteiger partial charge is 0.379 e. The van der Waals surface area contributed by atoms with Gasteiger partial charge in [0.25, 0.3) is 0 Å². The van der Waals surface area contributed by atoms with Crippen molar-refractivity contribution in [2.75, 3.05) is 26.3 Å². The Morgan fingerprint density at radius 3 is 2.30 bits per heavy atom. The molecule has 0 unspecified atom stereocenters. The number of nitrogens with zero attached hydrogens (tertiary/aromatic N) is 2. The molecule has 0 aromatic heterocycles. The number of hydrogen-bond acceptors (Lipinski definition) is 5. The van der Waals surface area contributed by atoms with Crippen LogP contribution < -0.4 is 5.32 Å². The summed E-state index contributed by atoms with van der Waals surface area (Å²) in [6.07, 6.45) is 5.06. The van der Waals surface area contributed by atoms with E-state index < -0.39 is 6.04 Å². The van der Waals surface area contributed by atoms with E-state index in [0.29, 0.717) is 19.4 Å². The van der Waals surface area contributed by atoms with E-state index in [1.165, 1.54) is 4.90 Å². The van der Waals surface area contributed by atoms with Gasteiger partial charge >= 0.3 is 0 Å². The van der Waals surface area contributed by atoms with Crippen LogP contribution in [0.1, 0.15) is 30.9 Å². The lowest BCUT2D eigenvalue weighted by atomic mass is 9.85. The molecule has 30 heavy (non-hydrogen) atoms. The van der Waals surface area contributed by atoms with Crippen LogP contribution in [0, 0.1) is 11.8 Å². The molecule has 2 fully saturated rings. The minimum Gasteiger partial charge on any atom is -0.379 e.